The molecule has 112 valence electrons. The molecule has 1 heterocycles. The van der Waals surface area contributed by atoms with Gasteiger partial charge in [0.15, 0.2) is 0 Å². The fourth-order valence-corrected chi connectivity index (χ4v) is 1.49. The third kappa shape index (κ3) is 4.68. The van der Waals surface area contributed by atoms with E-state index in [0.717, 1.165) is 31.0 Å². The number of amides is 1. The lowest BCUT2D eigenvalue weighted by atomic mass is 9.93. The SMILES string of the molecule is CCCNc1cc(NCC(C)(C)C(N)=O)nc(CC)n1. The van der Waals surface area contributed by atoms with Crippen molar-refractivity contribution in [2.24, 2.45) is 11.1 Å². The number of hydrogen-bond donors (Lipinski definition) is 3. The summed E-state index contributed by atoms with van der Waals surface area (Å²) in [6.45, 7) is 9.03. The van der Waals surface area contributed by atoms with Crippen LogP contribution in [0.2, 0.25) is 0 Å². The molecule has 0 fully saturated rings. The van der Waals surface area contributed by atoms with Gasteiger partial charge in [-0.2, -0.15) is 0 Å². The molecule has 0 atom stereocenters. The first-order valence-corrected chi connectivity index (χ1v) is 7.04. The average Bonchev–Trinajstić information content (AvgIpc) is 2.42. The number of carbonyl (C=O) groups is 1. The molecule has 0 aliphatic heterocycles. The first kappa shape index (κ1) is 16.2. The molecule has 6 heteroatoms. The Balaban J connectivity index is 2.80. The Morgan fingerprint density at radius 3 is 2.35 bits per heavy atom. The molecule has 1 amide bonds. The van der Waals surface area contributed by atoms with Gasteiger partial charge in [-0.15, -0.1) is 0 Å². The van der Waals surface area contributed by atoms with Crippen molar-refractivity contribution >= 4 is 17.5 Å². The van der Waals surface area contributed by atoms with Crippen molar-refractivity contribution in [1.29, 1.82) is 0 Å². The van der Waals surface area contributed by atoms with Crippen LogP contribution in [-0.4, -0.2) is 29.0 Å². The molecule has 0 spiro atoms. The van der Waals surface area contributed by atoms with E-state index < -0.39 is 5.41 Å². The zero-order valence-electron chi connectivity index (χ0n) is 12.8. The maximum absolute atomic E-state index is 11.3. The van der Waals surface area contributed by atoms with Crippen LogP contribution in [0.5, 0.6) is 0 Å². The van der Waals surface area contributed by atoms with Crippen molar-refractivity contribution in [3.8, 4) is 0 Å². The smallest absolute Gasteiger partial charge is 0.224 e. The summed E-state index contributed by atoms with van der Waals surface area (Å²) in [5.74, 6) is 1.95. The predicted octanol–water partition coefficient (Wildman–Crippen LogP) is 1.78. The molecule has 0 radical (unpaired) electrons. The van der Waals surface area contributed by atoms with Crippen molar-refractivity contribution in [3.05, 3.63) is 11.9 Å². The van der Waals surface area contributed by atoms with Crippen LogP contribution in [-0.2, 0) is 11.2 Å². The molecule has 0 unspecified atom stereocenters. The molecule has 4 N–H and O–H groups in total. The van der Waals surface area contributed by atoms with Crippen LogP contribution in [0, 0.1) is 5.41 Å². The summed E-state index contributed by atoms with van der Waals surface area (Å²) in [5, 5.41) is 6.41. The van der Waals surface area contributed by atoms with E-state index in [9.17, 15) is 4.79 Å². The molecule has 20 heavy (non-hydrogen) atoms. The van der Waals surface area contributed by atoms with E-state index in [1.165, 1.54) is 0 Å². The van der Waals surface area contributed by atoms with Crippen LogP contribution in [0.25, 0.3) is 0 Å². The van der Waals surface area contributed by atoms with Crippen molar-refractivity contribution < 1.29 is 4.79 Å². The average molecular weight is 279 g/mol. The number of anilines is 2. The van der Waals surface area contributed by atoms with E-state index in [0.29, 0.717) is 12.4 Å². The molecule has 0 saturated heterocycles. The molecule has 1 aromatic rings. The van der Waals surface area contributed by atoms with Crippen molar-refractivity contribution in [3.63, 3.8) is 0 Å². The van der Waals surface area contributed by atoms with Gasteiger partial charge in [-0.25, -0.2) is 9.97 Å². The molecular formula is C14H25N5O. The molecule has 1 aromatic heterocycles. The number of rotatable bonds is 8. The molecule has 0 aliphatic carbocycles. The number of nitrogens with one attached hydrogen (secondary N) is 2. The highest BCUT2D eigenvalue weighted by Gasteiger charge is 2.24. The number of aromatic nitrogens is 2. The monoisotopic (exact) mass is 279 g/mol. The standard InChI is InChI=1S/C14H25N5O/c1-5-7-16-11-8-12(19-10(6-2)18-11)17-9-14(3,4)13(15)20/h8H,5-7,9H2,1-4H3,(H2,15,20)(H2,16,17,18,19). The summed E-state index contributed by atoms with van der Waals surface area (Å²) in [7, 11) is 0. The first-order chi connectivity index (χ1) is 9.39. The Labute approximate surface area is 120 Å². The summed E-state index contributed by atoms with van der Waals surface area (Å²) in [6, 6.07) is 1.85. The van der Waals surface area contributed by atoms with Gasteiger partial charge in [0.2, 0.25) is 5.91 Å². The van der Waals surface area contributed by atoms with Gasteiger partial charge in [0.25, 0.3) is 0 Å². The topological polar surface area (TPSA) is 92.9 Å². The van der Waals surface area contributed by atoms with Crippen LogP contribution >= 0.6 is 0 Å². The highest BCUT2D eigenvalue weighted by atomic mass is 16.1. The summed E-state index contributed by atoms with van der Waals surface area (Å²) in [4.78, 5) is 20.1. The second kappa shape index (κ2) is 7.07. The lowest BCUT2D eigenvalue weighted by Crippen LogP contribution is -2.37. The summed E-state index contributed by atoms with van der Waals surface area (Å²) in [5.41, 5.74) is 4.75. The maximum atomic E-state index is 11.3. The molecule has 6 nitrogen and oxygen atoms in total. The largest absolute Gasteiger partial charge is 0.370 e. The third-order valence-electron chi connectivity index (χ3n) is 3.02. The lowest BCUT2D eigenvalue weighted by Gasteiger charge is -2.21. The molecule has 0 aliphatic rings. The van der Waals surface area contributed by atoms with E-state index >= 15 is 0 Å². The van der Waals surface area contributed by atoms with Crippen LogP contribution in [0.4, 0.5) is 11.6 Å². The second-order valence-electron chi connectivity index (χ2n) is 5.44. The Hall–Kier alpha value is -1.85. The molecular weight excluding hydrogens is 254 g/mol. The van der Waals surface area contributed by atoms with Crippen LogP contribution < -0.4 is 16.4 Å². The number of nitrogens with zero attached hydrogens (tertiary/aromatic N) is 2. The third-order valence-corrected chi connectivity index (χ3v) is 3.02. The van der Waals surface area contributed by atoms with Crippen molar-refractivity contribution in [2.45, 2.75) is 40.5 Å². The van der Waals surface area contributed by atoms with Gasteiger partial charge in [-0.1, -0.05) is 13.8 Å². The highest BCUT2D eigenvalue weighted by Crippen LogP contribution is 2.17. The minimum Gasteiger partial charge on any atom is -0.370 e. The summed E-state index contributed by atoms with van der Waals surface area (Å²) < 4.78 is 0. The molecule has 1 rings (SSSR count). The second-order valence-corrected chi connectivity index (χ2v) is 5.44. The number of aryl methyl sites for hydroxylation is 1. The normalized spacial score (nSPS) is 11.2. The van der Waals surface area contributed by atoms with E-state index in [-0.39, 0.29) is 5.91 Å². The number of nitrogens with two attached hydrogens (primary N) is 1. The van der Waals surface area contributed by atoms with Gasteiger partial charge >= 0.3 is 0 Å². The van der Waals surface area contributed by atoms with E-state index in [4.69, 9.17) is 5.73 Å². The summed E-state index contributed by atoms with van der Waals surface area (Å²) in [6.07, 6.45) is 1.79. The zero-order valence-corrected chi connectivity index (χ0v) is 12.8. The lowest BCUT2D eigenvalue weighted by molar-refractivity contribution is -0.125. The van der Waals surface area contributed by atoms with Gasteiger partial charge in [-0.05, 0) is 20.3 Å². The fraction of sp³-hybridized carbons (Fsp3) is 0.643. The Morgan fingerprint density at radius 1 is 1.25 bits per heavy atom. The first-order valence-electron chi connectivity index (χ1n) is 7.04. The van der Waals surface area contributed by atoms with Crippen molar-refractivity contribution in [1.82, 2.24) is 9.97 Å². The van der Waals surface area contributed by atoms with E-state index in [1.54, 1.807) is 13.8 Å². The minimum atomic E-state index is -0.617. The number of primary amides is 1. The number of carbonyl (C=O) groups excluding carboxylic acids is 1. The van der Waals surface area contributed by atoms with Crippen LogP contribution in [0.1, 0.15) is 39.9 Å². The predicted molar refractivity (Wildman–Crippen MR) is 81.7 cm³/mol. The quantitative estimate of drug-likeness (QED) is 0.674. The van der Waals surface area contributed by atoms with Gasteiger partial charge in [-0.3, -0.25) is 4.79 Å². The van der Waals surface area contributed by atoms with Crippen molar-refractivity contribution in [2.75, 3.05) is 23.7 Å². The van der Waals surface area contributed by atoms with Crippen LogP contribution in [0.3, 0.4) is 0 Å². The molecule has 0 saturated carbocycles. The summed E-state index contributed by atoms with van der Waals surface area (Å²) >= 11 is 0. The van der Waals surface area contributed by atoms with Gasteiger partial charge in [0.05, 0.1) is 5.41 Å². The molecule has 0 bridgehead atoms. The van der Waals surface area contributed by atoms with Gasteiger partial charge in [0.1, 0.15) is 17.5 Å². The maximum Gasteiger partial charge on any atom is 0.224 e. The fourth-order valence-electron chi connectivity index (χ4n) is 1.49. The number of hydrogen-bond acceptors (Lipinski definition) is 5. The van der Waals surface area contributed by atoms with Gasteiger partial charge < -0.3 is 16.4 Å². The Kier molecular flexibility index (Phi) is 5.73. The van der Waals surface area contributed by atoms with Crippen LogP contribution in [0.15, 0.2) is 6.07 Å². The zero-order chi connectivity index (χ0) is 15.2. The highest BCUT2D eigenvalue weighted by molar-refractivity contribution is 5.80. The minimum absolute atomic E-state index is 0.334. The van der Waals surface area contributed by atoms with E-state index in [2.05, 4.69) is 27.5 Å². The Morgan fingerprint density at radius 2 is 1.85 bits per heavy atom. The van der Waals surface area contributed by atoms with Gasteiger partial charge in [0, 0.05) is 25.6 Å². The molecule has 0 aromatic carbocycles. The van der Waals surface area contributed by atoms with E-state index in [1.807, 2.05) is 13.0 Å². The Bertz CT molecular complexity index is 459.